The molecule has 174 valence electrons. The second-order valence-corrected chi connectivity index (χ2v) is 7.99. The molecule has 1 aromatic heterocycles. The number of aromatic nitrogens is 2. The highest BCUT2D eigenvalue weighted by Crippen LogP contribution is 2.37. The molecule has 1 heterocycles. The molecule has 0 saturated carbocycles. The molecule has 0 radical (unpaired) electrons. The Labute approximate surface area is 185 Å². The van der Waals surface area contributed by atoms with Gasteiger partial charge >= 0.3 is 12.3 Å². The fraction of sp³-hybridized carbons (Fsp3) is 0.286. The number of halogens is 3. The van der Waals surface area contributed by atoms with Gasteiger partial charge in [-0.25, -0.2) is 4.79 Å². The topological polar surface area (TPSA) is 118 Å². The number of rotatable bonds is 5. The van der Waals surface area contributed by atoms with Gasteiger partial charge in [0.05, 0.1) is 10.5 Å². The Balaban J connectivity index is 1.76. The third-order valence-electron chi connectivity index (χ3n) is 4.37. The molecule has 9 nitrogen and oxygen atoms in total. The van der Waals surface area contributed by atoms with E-state index in [0.717, 1.165) is 24.3 Å². The number of nitrogens with zero attached hydrogens (tertiary/aromatic N) is 3. The van der Waals surface area contributed by atoms with Crippen LogP contribution in [-0.4, -0.2) is 21.3 Å². The molecule has 2 aromatic carbocycles. The van der Waals surface area contributed by atoms with Gasteiger partial charge in [-0.05, 0) is 36.4 Å². The van der Waals surface area contributed by atoms with Gasteiger partial charge in [-0.1, -0.05) is 20.8 Å². The summed E-state index contributed by atoms with van der Waals surface area (Å²) in [7, 11) is 0. The van der Waals surface area contributed by atoms with E-state index in [0.29, 0.717) is 0 Å². The van der Waals surface area contributed by atoms with Crippen LogP contribution in [0.15, 0.2) is 52.9 Å². The first-order valence-electron chi connectivity index (χ1n) is 9.48. The van der Waals surface area contributed by atoms with E-state index < -0.39 is 34.3 Å². The number of benzene rings is 2. The molecule has 0 unspecified atom stereocenters. The SMILES string of the molecule is CC(C)(C)[C@@H](OC(=O)Oc1ccc([N+](=O)[O-])cc1)c1nnc(-c2ccc(C(F)(F)F)cc2)o1. The van der Waals surface area contributed by atoms with Crippen molar-refractivity contribution < 1.29 is 36.8 Å². The van der Waals surface area contributed by atoms with Gasteiger partial charge in [0.1, 0.15) is 5.75 Å². The zero-order chi connectivity index (χ0) is 24.4. The average molecular weight is 465 g/mol. The molecule has 33 heavy (non-hydrogen) atoms. The maximum absolute atomic E-state index is 12.8. The van der Waals surface area contributed by atoms with Crippen molar-refractivity contribution in [1.29, 1.82) is 0 Å². The molecule has 1 atom stereocenters. The largest absolute Gasteiger partial charge is 0.514 e. The van der Waals surface area contributed by atoms with Gasteiger partial charge in [-0.3, -0.25) is 10.1 Å². The van der Waals surface area contributed by atoms with Crippen LogP contribution < -0.4 is 4.74 Å². The lowest BCUT2D eigenvalue weighted by molar-refractivity contribution is -0.384. The Morgan fingerprint density at radius 3 is 2.15 bits per heavy atom. The van der Waals surface area contributed by atoms with E-state index in [4.69, 9.17) is 13.9 Å². The van der Waals surface area contributed by atoms with Gasteiger partial charge in [0.2, 0.25) is 5.89 Å². The molecular formula is C21H18F3N3O6. The smallest absolute Gasteiger partial charge is 0.420 e. The highest BCUT2D eigenvalue weighted by molar-refractivity contribution is 5.64. The molecule has 0 N–H and O–H groups in total. The molecule has 3 rings (SSSR count). The van der Waals surface area contributed by atoms with Crippen LogP contribution in [-0.2, 0) is 10.9 Å². The number of nitro benzene ring substituents is 1. The molecule has 0 aliphatic heterocycles. The first-order chi connectivity index (χ1) is 15.3. The first kappa shape index (κ1) is 23.7. The first-order valence-corrected chi connectivity index (χ1v) is 9.48. The minimum Gasteiger partial charge on any atom is -0.420 e. The van der Waals surface area contributed by atoms with E-state index in [9.17, 15) is 28.1 Å². The quantitative estimate of drug-likeness (QED) is 0.196. The Morgan fingerprint density at radius 2 is 1.64 bits per heavy atom. The number of ether oxygens (including phenoxy) is 2. The second kappa shape index (κ2) is 8.88. The Kier molecular flexibility index (Phi) is 6.38. The van der Waals surface area contributed by atoms with Crippen molar-refractivity contribution in [3.05, 3.63) is 70.1 Å². The standard InChI is InChI=1S/C21H18F3N3O6/c1-20(2,3)16(32-19(28)31-15-10-8-14(9-11-15)27(29)30)18-26-25-17(33-18)12-4-6-13(7-5-12)21(22,23)24/h4-11,16H,1-3H3/t16-/m0/s1. The lowest BCUT2D eigenvalue weighted by atomic mass is 9.89. The molecule has 0 amide bonds. The fourth-order valence-corrected chi connectivity index (χ4v) is 2.71. The Hall–Kier alpha value is -3.96. The summed E-state index contributed by atoms with van der Waals surface area (Å²) < 4.78 is 54.2. The number of non-ortho nitro benzene ring substituents is 1. The van der Waals surface area contributed by atoms with E-state index in [2.05, 4.69) is 10.2 Å². The minimum absolute atomic E-state index is 0.0224. The van der Waals surface area contributed by atoms with Crippen molar-refractivity contribution in [2.75, 3.05) is 0 Å². The van der Waals surface area contributed by atoms with Gasteiger partial charge in [0.25, 0.3) is 11.6 Å². The number of hydrogen-bond acceptors (Lipinski definition) is 8. The molecule has 0 aliphatic carbocycles. The number of hydrogen-bond donors (Lipinski definition) is 0. The van der Waals surface area contributed by atoms with Crippen LogP contribution in [0.2, 0.25) is 0 Å². The molecule has 0 bridgehead atoms. The van der Waals surface area contributed by atoms with Gasteiger partial charge in [0.15, 0.2) is 6.10 Å². The number of alkyl halides is 3. The van der Waals surface area contributed by atoms with Crippen LogP contribution in [0.1, 0.15) is 38.3 Å². The molecular weight excluding hydrogens is 447 g/mol. The van der Waals surface area contributed by atoms with Crippen LogP contribution >= 0.6 is 0 Å². The van der Waals surface area contributed by atoms with E-state index in [-0.39, 0.29) is 28.8 Å². The van der Waals surface area contributed by atoms with Crippen LogP contribution in [0.25, 0.3) is 11.5 Å². The fourth-order valence-electron chi connectivity index (χ4n) is 2.71. The third-order valence-corrected chi connectivity index (χ3v) is 4.37. The molecule has 0 aliphatic rings. The number of carbonyl (C=O) groups is 1. The Morgan fingerprint density at radius 1 is 1.03 bits per heavy atom. The number of carbonyl (C=O) groups excluding carboxylic acids is 1. The van der Waals surface area contributed by atoms with Crippen molar-refractivity contribution in [2.24, 2.45) is 5.41 Å². The van der Waals surface area contributed by atoms with Crippen LogP contribution in [0.4, 0.5) is 23.7 Å². The van der Waals surface area contributed by atoms with E-state index in [1.54, 1.807) is 20.8 Å². The lowest BCUT2D eigenvalue weighted by Crippen LogP contribution is -2.26. The van der Waals surface area contributed by atoms with Crippen molar-refractivity contribution in [3.63, 3.8) is 0 Å². The van der Waals surface area contributed by atoms with Crippen LogP contribution in [0, 0.1) is 15.5 Å². The predicted octanol–water partition coefficient (Wildman–Crippen LogP) is 5.97. The van der Waals surface area contributed by atoms with Crippen LogP contribution in [0.5, 0.6) is 5.75 Å². The zero-order valence-electron chi connectivity index (χ0n) is 17.6. The summed E-state index contributed by atoms with van der Waals surface area (Å²) in [5.41, 5.74) is -1.47. The van der Waals surface area contributed by atoms with Gasteiger partial charge in [0, 0.05) is 23.1 Å². The summed E-state index contributed by atoms with van der Waals surface area (Å²) in [5.74, 6) is -0.118. The molecule has 0 spiro atoms. The van der Waals surface area contributed by atoms with E-state index in [1.807, 2.05) is 0 Å². The van der Waals surface area contributed by atoms with Gasteiger partial charge in [-0.2, -0.15) is 13.2 Å². The molecule has 0 fully saturated rings. The highest BCUT2D eigenvalue weighted by atomic mass is 19.4. The van der Waals surface area contributed by atoms with Gasteiger partial charge in [-0.15, -0.1) is 10.2 Å². The zero-order valence-corrected chi connectivity index (χ0v) is 17.6. The summed E-state index contributed by atoms with van der Waals surface area (Å²) in [5, 5.41) is 18.4. The van der Waals surface area contributed by atoms with Crippen molar-refractivity contribution in [1.82, 2.24) is 10.2 Å². The van der Waals surface area contributed by atoms with Crippen molar-refractivity contribution in [3.8, 4) is 17.2 Å². The highest BCUT2D eigenvalue weighted by Gasteiger charge is 2.36. The average Bonchev–Trinajstić information content (AvgIpc) is 3.21. The summed E-state index contributed by atoms with van der Waals surface area (Å²) in [6.45, 7) is 5.20. The minimum atomic E-state index is -4.48. The Bertz CT molecular complexity index is 1140. The predicted molar refractivity (Wildman–Crippen MR) is 107 cm³/mol. The summed E-state index contributed by atoms with van der Waals surface area (Å²) >= 11 is 0. The molecule has 0 saturated heterocycles. The van der Waals surface area contributed by atoms with E-state index >= 15 is 0 Å². The lowest BCUT2D eigenvalue weighted by Gasteiger charge is -2.26. The van der Waals surface area contributed by atoms with E-state index in [1.165, 1.54) is 24.3 Å². The number of nitro groups is 1. The van der Waals surface area contributed by atoms with Gasteiger partial charge < -0.3 is 13.9 Å². The summed E-state index contributed by atoms with van der Waals surface area (Å²) in [4.78, 5) is 22.4. The third kappa shape index (κ3) is 5.84. The maximum Gasteiger partial charge on any atom is 0.514 e. The van der Waals surface area contributed by atoms with Crippen molar-refractivity contribution >= 4 is 11.8 Å². The summed E-state index contributed by atoms with van der Waals surface area (Å²) in [6, 6.07) is 8.96. The monoisotopic (exact) mass is 465 g/mol. The second-order valence-electron chi connectivity index (χ2n) is 7.99. The normalized spacial score (nSPS) is 12.8. The molecule has 3 aromatic rings. The maximum atomic E-state index is 12.8. The van der Waals surface area contributed by atoms with Crippen LogP contribution in [0.3, 0.4) is 0 Å². The summed E-state index contributed by atoms with van der Waals surface area (Å²) in [6.07, 6.45) is -6.65. The molecule has 12 heteroatoms. The van der Waals surface area contributed by atoms with Crippen molar-refractivity contribution in [2.45, 2.75) is 33.1 Å².